The first kappa shape index (κ1) is 36.6. The number of nitrogens with one attached hydrogen (secondary N) is 1. The molecule has 0 spiro atoms. The van der Waals surface area contributed by atoms with Crippen molar-refractivity contribution < 1.29 is 30.5 Å². The molecule has 0 atom stereocenters. The summed E-state index contributed by atoms with van der Waals surface area (Å²) in [7, 11) is -8.61. The highest BCUT2D eigenvalue weighted by atomic mass is 32.2. The van der Waals surface area contributed by atoms with Crippen molar-refractivity contribution in [2.75, 3.05) is 24.5 Å². The van der Waals surface area contributed by atoms with Gasteiger partial charge in [0.1, 0.15) is 6.54 Å². The van der Waals surface area contributed by atoms with Crippen LogP contribution >= 0.6 is 0 Å². The lowest BCUT2D eigenvalue weighted by molar-refractivity contribution is -0.430. The van der Waals surface area contributed by atoms with Gasteiger partial charge in [-0.2, -0.15) is 21.4 Å². The van der Waals surface area contributed by atoms with Crippen LogP contribution in [0.25, 0.3) is 5.57 Å². The first-order valence-electron chi connectivity index (χ1n) is 16.3. The SMILES string of the molecule is CCN[C]1C=CC(=C(c2ccc(N(CC)Cc3cccc(S(=O)(=O)O)c3)cc2)c2ccc([N+](=Cc3cccc(S(=O)(=O)O)c3)CC)cc2)C=C1. The molecule has 3 N–H and O–H groups in total. The van der Waals surface area contributed by atoms with Gasteiger partial charge in [0, 0.05) is 36.5 Å². The quantitative estimate of drug-likeness (QED) is 0.0765. The number of anilines is 1. The molecule has 1 aliphatic carbocycles. The molecule has 0 amide bonds. The van der Waals surface area contributed by atoms with Gasteiger partial charge in [-0.25, -0.2) is 0 Å². The van der Waals surface area contributed by atoms with Crippen molar-refractivity contribution >= 4 is 43.4 Å². The minimum atomic E-state index is -4.31. The Hall–Kier alpha value is -4.65. The number of nitrogens with zero attached hydrogens (tertiary/aromatic N) is 2. The molecule has 0 saturated heterocycles. The fraction of sp³-hybridized carbons (Fsp3) is 0.179. The van der Waals surface area contributed by atoms with Crippen LogP contribution in [-0.4, -0.2) is 56.4 Å². The van der Waals surface area contributed by atoms with Gasteiger partial charge in [-0.3, -0.25) is 9.11 Å². The predicted octanol–water partition coefficient (Wildman–Crippen LogP) is 7.06. The predicted molar refractivity (Wildman–Crippen MR) is 199 cm³/mol. The molecule has 11 heteroatoms. The minimum Gasteiger partial charge on any atom is -0.367 e. The zero-order chi connectivity index (χ0) is 35.9. The third-order valence-corrected chi connectivity index (χ3v) is 10.0. The minimum absolute atomic E-state index is 0.127. The van der Waals surface area contributed by atoms with Gasteiger partial charge in [0.15, 0.2) is 6.21 Å². The van der Waals surface area contributed by atoms with Crippen molar-refractivity contribution in [3.8, 4) is 0 Å². The van der Waals surface area contributed by atoms with Gasteiger partial charge in [-0.1, -0.05) is 61.6 Å². The van der Waals surface area contributed by atoms with Crippen LogP contribution in [0.5, 0.6) is 0 Å². The molecule has 4 aromatic rings. The van der Waals surface area contributed by atoms with Crippen LogP contribution in [0, 0.1) is 6.04 Å². The summed E-state index contributed by atoms with van der Waals surface area (Å²) in [5.74, 6) is 0. The van der Waals surface area contributed by atoms with Crippen LogP contribution in [0.4, 0.5) is 11.4 Å². The third kappa shape index (κ3) is 9.12. The van der Waals surface area contributed by atoms with Crippen molar-refractivity contribution in [2.45, 2.75) is 37.1 Å². The smallest absolute Gasteiger partial charge is 0.294 e. The summed E-state index contributed by atoms with van der Waals surface area (Å²) in [6.07, 6.45) is 10.2. The highest BCUT2D eigenvalue weighted by Crippen LogP contribution is 2.33. The number of allylic oxidation sites excluding steroid dienone is 3. The molecule has 4 aromatic carbocycles. The topological polar surface area (TPSA) is 127 Å². The Morgan fingerprint density at radius 1 is 0.740 bits per heavy atom. The van der Waals surface area contributed by atoms with E-state index in [0.717, 1.165) is 51.8 Å². The fourth-order valence-electron chi connectivity index (χ4n) is 5.81. The normalized spacial score (nSPS) is 13.9. The van der Waals surface area contributed by atoms with E-state index in [0.29, 0.717) is 25.2 Å². The second-order valence-electron chi connectivity index (χ2n) is 11.7. The van der Waals surface area contributed by atoms with Gasteiger partial charge in [-0.05, 0) is 103 Å². The Kier molecular flexibility index (Phi) is 11.7. The number of rotatable bonds is 13. The number of benzene rings is 4. The molecule has 0 heterocycles. The van der Waals surface area contributed by atoms with Crippen LogP contribution in [0.3, 0.4) is 0 Å². The Morgan fingerprint density at radius 3 is 1.88 bits per heavy atom. The van der Waals surface area contributed by atoms with E-state index >= 15 is 0 Å². The molecular weight excluding hydrogens is 671 g/mol. The zero-order valence-electron chi connectivity index (χ0n) is 28.2. The van der Waals surface area contributed by atoms with Gasteiger partial charge in [-0.15, -0.1) is 0 Å². The standard InChI is InChI=1S/C39H40N3O6S2/c1-4-40-34-19-13-31(14-20-34)39(32-15-21-35(22-16-32)41(5-2)27-29-9-7-11-37(25-29)49(43,44)45)33-17-23-36(24-18-33)42(6-3)28-30-10-8-12-38(26-30)50(46,47)48/h7-27,40H,4-6,28H2,1-3H3,(H-,43,44,45,46,47,48)/p+1. The largest absolute Gasteiger partial charge is 0.367 e. The monoisotopic (exact) mass is 711 g/mol. The lowest BCUT2D eigenvalue weighted by Crippen LogP contribution is -2.22. The summed E-state index contributed by atoms with van der Waals surface area (Å²) in [5, 5.41) is 3.35. The second-order valence-corrected chi connectivity index (χ2v) is 14.5. The lowest BCUT2D eigenvalue weighted by Gasteiger charge is -2.24. The van der Waals surface area contributed by atoms with E-state index in [-0.39, 0.29) is 9.79 Å². The Labute approximate surface area is 295 Å². The Balaban J connectivity index is 1.48. The molecule has 0 aromatic heterocycles. The molecule has 5 rings (SSSR count). The molecular formula is C39H41N3O6S2+. The van der Waals surface area contributed by atoms with Crippen LogP contribution < -0.4 is 10.2 Å². The summed E-state index contributed by atoms with van der Waals surface area (Å²) in [6.45, 7) is 8.70. The van der Waals surface area contributed by atoms with Crippen molar-refractivity contribution in [1.29, 1.82) is 0 Å². The van der Waals surface area contributed by atoms with E-state index in [4.69, 9.17) is 0 Å². The molecule has 0 bridgehead atoms. The van der Waals surface area contributed by atoms with Gasteiger partial charge in [0.25, 0.3) is 20.2 Å². The van der Waals surface area contributed by atoms with E-state index in [9.17, 15) is 25.9 Å². The fourth-order valence-corrected chi connectivity index (χ4v) is 6.90. The van der Waals surface area contributed by atoms with Crippen molar-refractivity contribution in [3.63, 3.8) is 0 Å². The molecule has 1 aliphatic rings. The maximum Gasteiger partial charge on any atom is 0.294 e. The second kappa shape index (κ2) is 15.9. The maximum atomic E-state index is 11.7. The summed E-state index contributed by atoms with van der Waals surface area (Å²) >= 11 is 0. The van der Waals surface area contributed by atoms with Gasteiger partial charge in [0.05, 0.1) is 15.8 Å². The summed E-state index contributed by atoms with van der Waals surface area (Å²) < 4.78 is 67.7. The highest BCUT2D eigenvalue weighted by Gasteiger charge is 2.17. The molecule has 9 nitrogen and oxygen atoms in total. The maximum absolute atomic E-state index is 11.7. The van der Waals surface area contributed by atoms with Crippen LogP contribution in [0.2, 0.25) is 0 Å². The van der Waals surface area contributed by atoms with E-state index in [1.807, 2.05) is 42.8 Å². The number of hydrogen-bond acceptors (Lipinski definition) is 6. The van der Waals surface area contributed by atoms with Crippen LogP contribution in [-0.2, 0) is 26.8 Å². The summed E-state index contributed by atoms with van der Waals surface area (Å²) in [6, 6.07) is 30.0. The average molecular weight is 712 g/mol. The lowest BCUT2D eigenvalue weighted by atomic mass is 9.90. The molecule has 50 heavy (non-hydrogen) atoms. The summed E-state index contributed by atoms with van der Waals surface area (Å²) in [4.78, 5) is 1.85. The molecule has 0 unspecified atom stereocenters. The Morgan fingerprint density at radius 2 is 1.32 bits per heavy atom. The Bertz CT molecular complexity index is 2160. The van der Waals surface area contributed by atoms with E-state index < -0.39 is 20.2 Å². The van der Waals surface area contributed by atoms with Crippen LogP contribution in [0.1, 0.15) is 43.0 Å². The summed E-state index contributed by atoms with van der Waals surface area (Å²) in [5.41, 5.74) is 7.42. The average Bonchev–Trinajstić information content (AvgIpc) is 3.11. The molecule has 1 radical (unpaired) electrons. The molecule has 0 aliphatic heterocycles. The molecule has 259 valence electrons. The van der Waals surface area contributed by atoms with Crippen molar-refractivity contribution in [1.82, 2.24) is 5.32 Å². The van der Waals surface area contributed by atoms with Crippen LogP contribution in [0.15, 0.2) is 137 Å². The molecule has 0 saturated carbocycles. The van der Waals surface area contributed by atoms with E-state index in [1.165, 1.54) is 24.3 Å². The molecule has 0 fully saturated rings. The van der Waals surface area contributed by atoms with Crippen molar-refractivity contribution in [3.05, 3.63) is 155 Å². The highest BCUT2D eigenvalue weighted by molar-refractivity contribution is 7.86. The van der Waals surface area contributed by atoms with Gasteiger partial charge in [0.2, 0.25) is 5.69 Å². The zero-order valence-corrected chi connectivity index (χ0v) is 29.8. The first-order chi connectivity index (χ1) is 23.9. The number of likely N-dealkylation sites (N-methyl/N-ethyl adjacent to an activating group) is 1. The van der Waals surface area contributed by atoms with E-state index in [2.05, 4.69) is 77.8 Å². The first-order valence-corrected chi connectivity index (χ1v) is 19.2. The van der Waals surface area contributed by atoms with Gasteiger partial charge < -0.3 is 10.2 Å². The van der Waals surface area contributed by atoms with E-state index in [1.54, 1.807) is 18.2 Å². The third-order valence-electron chi connectivity index (χ3n) is 8.32. The van der Waals surface area contributed by atoms with Gasteiger partial charge >= 0.3 is 0 Å². The number of hydrogen-bond donors (Lipinski definition) is 3. The van der Waals surface area contributed by atoms with Crippen molar-refractivity contribution in [2.24, 2.45) is 0 Å².